The molecule has 8 heteroatoms. The minimum atomic E-state index is -0.966. The number of nitrogens with two attached hydrogens (primary N) is 1. The summed E-state index contributed by atoms with van der Waals surface area (Å²) in [7, 11) is 0. The van der Waals surface area contributed by atoms with Gasteiger partial charge in [0, 0.05) is 19.2 Å². The van der Waals surface area contributed by atoms with Crippen LogP contribution in [0, 0.1) is 5.92 Å². The molecule has 0 bridgehead atoms. The summed E-state index contributed by atoms with van der Waals surface area (Å²) in [5, 5.41) is 18.0. The molecule has 2 fully saturated rings. The van der Waals surface area contributed by atoms with Crippen molar-refractivity contribution in [2.45, 2.75) is 31.8 Å². The number of likely N-dealkylation sites (tertiary alicyclic amines) is 1. The van der Waals surface area contributed by atoms with E-state index in [1.165, 1.54) is 24.2 Å². The number of carboxylic acid groups (broad SMARTS) is 1. The first-order valence-electron chi connectivity index (χ1n) is 7.75. The molecule has 24 heavy (non-hydrogen) atoms. The fraction of sp³-hybridized carbons (Fsp3) is 0.438. The molecule has 3 atom stereocenters. The van der Waals surface area contributed by atoms with Gasteiger partial charge in [0.05, 0.1) is 24.0 Å². The highest BCUT2D eigenvalue weighted by molar-refractivity contribution is 6.43. The molecule has 2 aliphatic rings. The van der Waals surface area contributed by atoms with Crippen molar-refractivity contribution in [2.24, 2.45) is 5.92 Å². The molecule has 126 valence electrons. The monoisotopic (exact) mass is 331 g/mol. The Morgan fingerprint density at radius 3 is 2.83 bits per heavy atom. The van der Waals surface area contributed by atoms with Gasteiger partial charge in [-0.3, -0.25) is 20.0 Å². The van der Waals surface area contributed by atoms with Crippen molar-refractivity contribution >= 4 is 29.1 Å². The Morgan fingerprint density at radius 1 is 1.42 bits per heavy atom. The van der Waals surface area contributed by atoms with Crippen LogP contribution in [-0.4, -0.2) is 57.0 Å². The van der Waals surface area contributed by atoms with Gasteiger partial charge >= 0.3 is 5.97 Å². The Morgan fingerprint density at radius 2 is 2.17 bits per heavy atom. The van der Waals surface area contributed by atoms with Crippen molar-refractivity contribution in [3.05, 3.63) is 24.0 Å². The second-order valence-corrected chi connectivity index (χ2v) is 6.20. The second-order valence-electron chi connectivity index (χ2n) is 6.20. The van der Waals surface area contributed by atoms with Crippen LogP contribution in [0.25, 0.3) is 0 Å². The summed E-state index contributed by atoms with van der Waals surface area (Å²) in [6.07, 6.45) is 4.39. The fourth-order valence-electron chi connectivity index (χ4n) is 3.26. The zero-order valence-corrected chi connectivity index (χ0v) is 13.2. The SMILES string of the molecule is CC(=O)C(=[NH2+])c1ccncc1NCC(=O)N1[C@@H]2C[C@@H]2C[C@H]1C(=O)O. The van der Waals surface area contributed by atoms with Crippen molar-refractivity contribution in [3.8, 4) is 0 Å². The molecule has 4 N–H and O–H groups in total. The summed E-state index contributed by atoms with van der Waals surface area (Å²) in [6.45, 7) is 1.29. The average molecular weight is 331 g/mol. The lowest BCUT2D eigenvalue weighted by atomic mass is 10.1. The van der Waals surface area contributed by atoms with Crippen LogP contribution in [0.1, 0.15) is 25.3 Å². The van der Waals surface area contributed by atoms with Crippen LogP contribution in [-0.2, 0) is 14.4 Å². The standard InChI is InChI=1S/C16H18N4O4/c1-8(21)15(17)10-2-3-18-6-11(10)19-7-14(22)20-12-4-9(12)5-13(20)16(23)24/h2-3,6,9,12-13,17,19H,4-5,7H2,1H3,(H,23,24)/p+1/t9-,12-,13+/m1/s1. The van der Waals surface area contributed by atoms with Crippen LogP contribution in [0.15, 0.2) is 18.5 Å². The number of aliphatic carboxylic acids is 1. The number of ketones is 1. The maximum absolute atomic E-state index is 12.5. The van der Waals surface area contributed by atoms with E-state index in [1.54, 1.807) is 6.07 Å². The second kappa shape index (κ2) is 6.03. The molecule has 1 saturated heterocycles. The number of amides is 1. The molecule has 3 rings (SSSR count). The largest absolute Gasteiger partial charge is 0.480 e. The molecule has 1 amide bonds. The first-order chi connectivity index (χ1) is 11.4. The van der Waals surface area contributed by atoms with Gasteiger partial charge in [-0.2, -0.15) is 0 Å². The number of hydrogen-bond donors (Lipinski definition) is 3. The summed E-state index contributed by atoms with van der Waals surface area (Å²) in [6, 6.07) is 0.893. The van der Waals surface area contributed by atoms with E-state index < -0.39 is 12.0 Å². The first-order valence-corrected chi connectivity index (χ1v) is 7.75. The molecule has 1 saturated carbocycles. The molecule has 0 unspecified atom stereocenters. The van der Waals surface area contributed by atoms with Crippen molar-refractivity contribution < 1.29 is 24.9 Å². The Labute approximate surface area is 138 Å². The smallest absolute Gasteiger partial charge is 0.326 e. The average Bonchev–Trinajstić information content (AvgIpc) is 3.21. The van der Waals surface area contributed by atoms with Gasteiger partial charge in [-0.05, 0) is 24.8 Å². The summed E-state index contributed by atoms with van der Waals surface area (Å²) in [5.74, 6) is -1.21. The van der Waals surface area contributed by atoms with Gasteiger partial charge in [0.1, 0.15) is 6.04 Å². The molecule has 0 radical (unpaired) electrons. The molecule has 8 nitrogen and oxygen atoms in total. The predicted octanol–water partition coefficient (Wildman–Crippen LogP) is -1.30. The number of carbonyl (C=O) groups excluding carboxylic acids is 2. The van der Waals surface area contributed by atoms with Crippen LogP contribution in [0.3, 0.4) is 0 Å². The maximum atomic E-state index is 12.5. The van der Waals surface area contributed by atoms with E-state index in [0.29, 0.717) is 23.6 Å². The summed E-state index contributed by atoms with van der Waals surface area (Å²) >= 11 is 0. The van der Waals surface area contributed by atoms with E-state index in [9.17, 15) is 19.5 Å². The minimum Gasteiger partial charge on any atom is -0.480 e. The topological polar surface area (TPSA) is 125 Å². The number of carbonyl (C=O) groups is 3. The summed E-state index contributed by atoms with van der Waals surface area (Å²) in [5.41, 5.74) is 1.03. The Balaban J connectivity index is 1.70. The third kappa shape index (κ3) is 2.86. The number of Topliss-reactive ketones (excluding diaryl/α,β-unsaturated/α-hetero) is 1. The Hall–Kier alpha value is -2.77. The number of anilines is 1. The lowest BCUT2D eigenvalue weighted by molar-refractivity contribution is -0.148. The molecule has 1 aliphatic heterocycles. The highest BCUT2D eigenvalue weighted by Crippen LogP contribution is 2.47. The van der Waals surface area contributed by atoms with Crippen molar-refractivity contribution in [3.63, 3.8) is 0 Å². The van der Waals surface area contributed by atoms with Gasteiger partial charge in [-0.25, -0.2) is 4.79 Å². The number of hydrogen-bond acceptors (Lipinski definition) is 5. The molecular formula is C16H19N4O4+. The van der Waals surface area contributed by atoms with E-state index in [0.717, 1.165) is 6.42 Å². The lowest BCUT2D eigenvalue weighted by Crippen LogP contribution is -2.46. The molecule has 1 aromatic heterocycles. The van der Waals surface area contributed by atoms with E-state index in [-0.39, 0.29) is 30.0 Å². The van der Waals surface area contributed by atoms with E-state index in [2.05, 4.69) is 10.3 Å². The van der Waals surface area contributed by atoms with Gasteiger partial charge in [-0.15, -0.1) is 0 Å². The normalized spacial score (nSPS) is 24.2. The highest BCUT2D eigenvalue weighted by atomic mass is 16.4. The van der Waals surface area contributed by atoms with Crippen LogP contribution >= 0.6 is 0 Å². The lowest BCUT2D eigenvalue weighted by Gasteiger charge is -2.25. The third-order valence-corrected chi connectivity index (χ3v) is 4.60. The number of fused-ring (bicyclic) bond motifs is 1. The number of pyridine rings is 1. The fourth-order valence-corrected chi connectivity index (χ4v) is 3.26. The number of aromatic nitrogens is 1. The van der Waals surface area contributed by atoms with Crippen LogP contribution < -0.4 is 10.7 Å². The zero-order valence-electron chi connectivity index (χ0n) is 13.2. The van der Waals surface area contributed by atoms with E-state index >= 15 is 0 Å². The van der Waals surface area contributed by atoms with Gasteiger partial charge in [0.25, 0.3) is 0 Å². The molecule has 1 aromatic rings. The third-order valence-electron chi connectivity index (χ3n) is 4.60. The Kier molecular flexibility index (Phi) is 4.04. The minimum absolute atomic E-state index is 0.0441. The first kappa shape index (κ1) is 16.1. The maximum Gasteiger partial charge on any atom is 0.326 e. The number of rotatable bonds is 6. The molecule has 1 aliphatic carbocycles. The quantitative estimate of drug-likeness (QED) is 0.557. The summed E-state index contributed by atoms with van der Waals surface area (Å²) in [4.78, 5) is 40.6. The van der Waals surface area contributed by atoms with Gasteiger partial charge < -0.3 is 15.3 Å². The van der Waals surface area contributed by atoms with Gasteiger partial charge in [0.2, 0.25) is 17.4 Å². The number of piperidine rings is 1. The van der Waals surface area contributed by atoms with E-state index in [4.69, 9.17) is 5.41 Å². The van der Waals surface area contributed by atoms with Crippen molar-refractivity contribution in [1.82, 2.24) is 9.88 Å². The number of nitrogens with one attached hydrogen (secondary N) is 1. The molecule has 2 heterocycles. The molecule has 0 spiro atoms. The van der Waals surface area contributed by atoms with Gasteiger partial charge in [-0.1, -0.05) is 0 Å². The van der Waals surface area contributed by atoms with Gasteiger partial charge in [0.15, 0.2) is 0 Å². The Bertz CT molecular complexity index is 733. The zero-order chi connectivity index (χ0) is 17.4. The van der Waals surface area contributed by atoms with Crippen molar-refractivity contribution in [1.29, 1.82) is 0 Å². The summed E-state index contributed by atoms with van der Waals surface area (Å²) < 4.78 is 0. The van der Waals surface area contributed by atoms with Crippen LogP contribution in [0.4, 0.5) is 5.69 Å². The van der Waals surface area contributed by atoms with Crippen LogP contribution in [0.2, 0.25) is 0 Å². The van der Waals surface area contributed by atoms with E-state index in [1.807, 2.05) is 0 Å². The predicted molar refractivity (Wildman–Crippen MR) is 84.2 cm³/mol. The molecule has 0 aromatic carbocycles. The van der Waals surface area contributed by atoms with Crippen molar-refractivity contribution in [2.75, 3.05) is 11.9 Å². The molecular weight excluding hydrogens is 312 g/mol. The van der Waals surface area contributed by atoms with Crippen LogP contribution in [0.5, 0.6) is 0 Å². The highest BCUT2D eigenvalue weighted by Gasteiger charge is 2.56. The number of carboxylic acids is 1. The number of nitrogens with zero attached hydrogens (tertiary/aromatic N) is 2.